The van der Waals surface area contributed by atoms with E-state index in [0.29, 0.717) is 12.3 Å². The van der Waals surface area contributed by atoms with Gasteiger partial charge in [0.05, 0.1) is 0 Å². The van der Waals surface area contributed by atoms with E-state index in [-0.39, 0.29) is 19.5 Å². The Hall–Kier alpha value is 1.00. The first kappa shape index (κ1) is 19.6. The summed E-state index contributed by atoms with van der Waals surface area (Å²) in [6.07, 6.45) is 2.23. The third-order valence-electron chi connectivity index (χ3n) is 0.908. The van der Waals surface area contributed by atoms with E-state index in [1.165, 1.54) is 0 Å². The van der Waals surface area contributed by atoms with Crippen LogP contribution in [0.1, 0.15) is 26.7 Å². The van der Waals surface area contributed by atoms with Gasteiger partial charge in [-0.1, -0.05) is 26.7 Å². The van der Waals surface area contributed by atoms with Gasteiger partial charge in [-0.15, -0.1) is 0 Å². The van der Waals surface area contributed by atoms with E-state index < -0.39 is 16.1 Å². The fourth-order valence-electron chi connectivity index (χ4n) is 0.408. The quantitative estimate of drug-likeness (QED) is 0.553. The average Bonchev–Trinajstić information content (AvgIpc) is 1.87. The molecule has 0 bridgehead atoms. The minimum atomic E-state index is -2.39. The molecule has 0 rings (SSSR count). The van der Waals surface area contributed by atoms with E-state index in [4.69, 9.17) is 0 Å². The summed E-state index contributed by atoms with van der Waals surface area (Å²) >= 11 is 0. The molecule has 0 aliphatic carbocycles. The van der Waals surface area contributed by atoms with Crippen molar-refractivity contribution in [1.82, 2.24) is 0 Å². The summed E-state index contributed by atoms with van der Waals surface area (Å²) in [4.78, 5) is 19.3. The van der Waals surface area contributed by atoms with Crippen LogP contribution in [0.15, 0.2) is 0 Å². The summed E-state index contributed by atoms with van der Waals surface area (Å²) in [7, 11) is -4.77. The zero-order chi connectivity index (χ0) is 9.98. The molecule has 0 N–H and O–H groups in total. The van der Waals surface area contributed by atoms with Gasteiger partial charge in [-0.25, -0.2) is 0 Å². The van der Waals surface area contributed by atoms with E-state index in [0.717, 1.165) is 12.8 Å². The van der Waals surface area contributed by atoms with E-state index in [2.05, 4.69) is 0 Å². The first-order valence-electron chi connectivity index (χ1n) is 3.94. The molecule has 0 saturated heterocycles. The zero-order valence-corrected chi connectivity index (χ0v) is 13.1. The van der Waals surface area contributed by atoms with Gasteiger partial charge in [-0.3, -0.25) is 0 Å². The van der Waals surface area contributed by atoms with Crippen molar-refractivity contribution in [2.75, 3.05) is 12.3 Å². The monoisotopic (exact) mass is 278 g/mol. The Morgan fingerprint density at radius 3 is 1.15 bits per heavy atom. The summed E-state index contributed by atoms with van der Waals surface area (Å²) in [5.41, 5.74) is 0. The van der Waals surface area contributed by atoms with Gasteiger partial charge in [0.1, 0.15) is 0 Å². The maximum atomic E-state index is 9.67. The third kappa shape index (κ3) is 32.1. The second-order valence-corrected chi connectivity index (χ2v) is 4.73. The molecule has 4 nitrogen and oxygen atoms in total. The van der Waals surface area contributed by atoms with Gasteiger partial charge in [0.15, 0.2) is 0 Å². The Balaban J connectivity index is -0.000000143. The van der Waals surface area contributed by atoms with Crippen molar-refractivity contribution in [1.29, 1.82) is 0 Å². The standard InChI is InChI=1S/2C3H9O2P.Zn/c2*1-2-3-6(4)5;/h2*6H,2-3H2,1H3,(H,4,5);/q;;+2/p-2. The van der Waals surface area contributed by atoms with Crippen LogP contribution in [0.3, 0.4) is 0 Å². The van der Waals surface area contributed by atoms with E-state index in [1.54, 1.807) is 0 Å². The van der Waals surface area contributed by atoms with Crippen LogP contribution in [-0.2, 0) is 28.6 Å². The van der Waals surface area contributed by atoms with Crippen LogP contribution in [0.2, 0.25) is 0 Å². The molecule has 0 aromatic carbocycles. The van der Waals surface area contributed by atoms with E-state index >= 15 is 0 Å². The van der Waals surface area contributed by atoms with Crippen molar-refractivity contribution in [2.45, 2.75) is 26.7 Å². The van der Waals surface area contributed by atoms with Gasteiger partial charge >= 0.3 is 19.5 Å². The first-order valence-corrected chi connectivity index (χ1v) is 6.99. The van der Waals surface area contributed by atoms with Gasteiger partial charge in [-0.2, -0.15) is 0 Å². The fourth-order valence-corrected chi connectivity index (χ4v) is 1.22. The molecular weight excluding hydrogens is 263 g/mol. The molecule has 2 atom stereocenters. The Kier molecular flexibility index (Phi) is 23.3. The molecule has 0 aromatic rings. The van der Waals surface area contributed by atoms with Crippen LogP contribution < -0.4 is 9.79 Å². The Morgan fingerprint density at radius 2 is 1.15 bits per heavy atom. The number of hydrogen-bond donors (Lipinski definition) is 0. The van der Waals surface area contributed by atoms with Gasteiger partial charge in [0.25, 0.3) is 0 Å². The molecule has 0 fully saturated rings. The van der Waals surface area contributed by atoms with Gasteiger partial charge < -0.3 is 18.9 Å². The molecule has 0 aromatic heterocycles. The second-order valence-electron chi connectivity index (χ2n) is 2.24. The van der Waals surface area contributed by atoms with Crippen molar-refractivity contribution < 1.29 is 38.4 Å². The van der Waals surface area contributed by atoms with Crippen LogP contribution in [-0.4, -0.2) is 12.3 Å². The summed E-state index contributed by atoms with van der Waals surface area (Å²) in [6, 6.07) is 0. The predicted molar refractivity (Wildman–Crippen MR) is 48.3 cm³/mol. The smallest absolute Gasteiger partial charge is 0.802 e. The van der Waals surface area contributed by atoms with Crippen molar-refractivity contribution in [3.05, 3.63) is 0 Å². The minimum absolute atomic E-state index is 0. The summed E-state index contributed by atoms with van der Waals surface area (Å²) in [5.74, 6) is 0. The molecule has 0 spiro atoms. The first-order chi connectivity index (χ1) is 5.54. The van der Waals surface area contributed by atoms with Crippen LogP contribution in [0.5, 0.6) is 0 Å². The Morgan fingerprint density at radius 1 is 0.923 bits per heavy atom. The molecule has 0 saturated carbocycles. The molecule has 2 unspecified atom stereocenters. The van der Waals surface area contributed by atoms with Crippen LogP contribution in [0.4, 0.5) is 0 Å². The van der Waals surface area contributed by atoms with Crippen molar-refractivity contribution in [3.63, 3.8) is 0 Å². The number of rotatable bonds is 4. The molecular formula is C6H16O4P2Zn. The van der Waals surface area contributed by atoms with Gasteiger partial charge in [0, 0.05) is 16.1 Å². The fraction of sp³-hybridized carbons (Fsp3) is 1.00. The van der Waals surface area contributed by atoms with Gasteiger partial charge in [-0.05, 0) is 12.3 Å². The van der Waals surface area contributed by atoms with Crippen molar-refractivity contribution in [3.8, 4) is 0 Å². The van der Waals surface area contributed by atoms with Crippen molar-refractivity contribution >= 4 is 16.1 Å². The number of hydrogen-bond acceptors (Lipinski definition) is 4. The molecule has 13 heavy (non-hydrogen) atoms. The molecule has 7 heteroatoms. The summed E-state index contributed by atoms with van der Waals surface area (Å²) in [6.45, 7) is 3.70. The zero-order valence-electron chi connectivity index (χ0n) is 8.17. The minimum Gasteiger partial charge on any atom is -0.802 e. The SMILES string of the molecule is CCC[PH](=O)[O-].CCC[PH](=O)[O-].[Zn+2]. The molecule has 0 radical (unpaired) electrons. The summed E-state index contributed by atoms with van der Waals surface area (Å²) < 4.78 is 19.3. The molecule has 0 amide bonds. The third-order valence-corrected chi connectivity index (χ3v) is 2.72. The second kappa shape index (κ2) is 15.5. The Bertz CT molecular complexity index is 127. The maximum absolute atomic E-state index is 9.67. The predicted octanol–water partition coefficient (Wildman–Crippen LogP) is 0.460. The average molecular weight is 280 g/mol. The van der Waals surface area contributed by atoms with E-state index in [1.807, 2.05) is 13.8 Å². The van der Waals surface area contributed by atoms with Crippen molar-refractivity contribution in [2.24, 2.45) is 0 Å². The molecule has 0 aliphatic heterocycles. The van der Waals surface area contributed by atoms with Crippen LogP contribution in [0, 0.1) is 0 Å². The van der Waals surface area contributed by atoms with Gasteiger partial charge in [0.2, 0.25) is 0 Å². The van der Waals surface area contributed by atoms with Crippen LogP contribution >= 0.6 is 16.1 Å². The van der Waals surface area contributed by atoms with E-state index in [9.17, 15) is 18.9 Å². The normalized spacial score (nSPS) is 13.2. The van der Waals surface area contributed by atoms with Crippen LogP contribution in [0.25, 0.3) is 0 Å². The largest absolute Gasteiger partial charge is 2.00 e. The molecule has 0 heterocycles. The molecule has 0 aliphatic rings. The maximum Gasteiger partial charge on any atom is 2.00 e. The Labute approximate surface area is 93.6 Å². The topological polar surface area (TPSA) is 80.3 Å². The summed E-state index contributed by atoms with van der Waals surface area (Å²) in [5, 5.41) is 0. The molecule has 76 valence electrons.